The summed E-state index contributed by atoms with van der Waals surface area (Å²) in [5.41, 5.74) is 3.57. The average molecular weight is 526 g/mol. The van der Waals surface area contributed by atoms with Crippen molar-refractivity contribution in [2.45, 2.75) is 30.6 Å². The van der Waals surface area contributed by atoms with Crippen LogP contribution in [0.15, 0.2) is 58.6 Å². The molecule has 1 fully saturated rings. The van der Waals surface area contributed by atoms with Crippen LogP contribution in [0.5, 0.6) is 5.75 Å². The second-order valence-corrected chi connectivity index (χ2v) is 11.7. The SMILES string of the molecule is Bc1cnn2c(NCC3CCN(S(=O)(=O)c4cccc(OC)c4)CC3)cc(C3=C(Cl)CCC=C3)nc12. The van der Waals surface area contributed by atoms with E-state index in [0.717, 1.165) is 58.9 Å². The van der Waals surface area contributed by atoms with Crippen molar-refractivity contribution >= 4 is 52.0 Å². The highest BCUT2D eigenvalue weighted by molar-refractivity contribution is 7.89. The van der Waals surface area contributed by atoms with Crippen LogP contribution in [0.2, 0.25) is 0 Å². The molecule has 188 valence electrons. The predicted molar refractivity (Wildman–Crippen MR) is 145 cm³/mol. The van der Waals surface area contributed by atoms with E-state index in [1.54, 1.807) is 28.6 Å². The standard InChI is InChI=1S/C25H29BClN5O3S/c1-35-18-5-4-6-19(13-18)36(33,34)31-11-9-17(10-12-31)15-28-24-14-23(20-7-2-3-8-22(20)27)30-25-21(26)16-29-32(24)25/h2,4-7,13-14,16-17,28H,3,8-12,15,26H2,1H3. The van der Waals surface area contributed by atoms with Gasteiger partial charge in [0.25, 0.3) is 0 Å². The van der Waals surface area contributed by atoms with Gasteiger partial charge in [0.05, 0.1) is 17.7 Å². The first-order valence-electron chi connectivity index (χ1n) is 12.2. The van der Waals surface area contributed by atoms with Gasteiger partial charge >= 0.3 is 0 Å². The molecule has 2 aromatic heterocycles. The zero-order valence-corrected chi connectivity index (χ0v) is 22.0. The highest BCUT2D eigenvalue weighted by Crippen LogP contribution is 2.31. The zero-order chi connectivity index (χ0) is 25.3. The first-order valence-corrected chi connectivity index (χ1v) is 14.0. The molecule has 1 saturated heterocycles. The minimum absolute atomic E-state index is 0.268. The van der Waals surface area contributed by atoms with Crippen LogP contribution in [0.4, 0.5) is 5.82 Å². The van der Waals surface area contributed by atoms with Gasteiger partial charge in [0, 0.05) is 48.6 Å². The van der Waals surface area contributed by atoms with E-state index in [1.165, 1.54) is 7.11 Å². The number of anilines is 1. The van der Waals surface area contributed by atoms with E-state index in [1.807, 2.05) is 30.7 Å². The Hall–Kier alpha value is -2.82. The molecule has 11 heteroatoms. The molecule has 5 rings (SSSR count). The molecule has 36 heavy (non-hydrogen) atoms. The van der Waals surface area contributed by atoms with Crippen LogP contribution >= 0.6 is 11.6 Å². The van der Waals surface area contributed by atoms with Crippen molar-refractivity contribution in [2.24, 2.45) is 5.92 Å². The molecule has 1 N–H and O–H groups in total. The maximum Gasteiger partial charge on any atom is 0.243 e. The summed E-state index contributed by atoms with van der Waals surface area (Å²) in [7, 11) is -0.0205. The van der Waals surface area contributed by atoms with Gasteiger partial charge in [0.2, 0.25) is 10.0 Å². The summed E-state index contributed by atoms with van der Waals surface area (Å²) in [6.45, 7) is 1.68. The van der Waals surface area contributed by atoms with Crippen molar-refractivity contribution < 1.29 is 13.2 Å². The summed E-state index contributed by atoms with van der Waals surface area (Å²) in [5.74, 6) is 1.72. The van der Waals surface area contributed by atoms with Crippen LogP contribution < -0.4 is 15.5 Å². The molecule has 0 bridgehead atoms. The number of benzene rings is 1. The van der Waals surface area contributed by atoms with Crippen LogP contribution in [-0.4, -0.2) is 61.9 Å². The Labute approximate surface area is 217 Å². The number of fused-ring (bicyclic) bond motifs is 1. The quantitative estimate of drug-likeness (QED) is 0.477. The topological polar surface area (TPSA) is 88.8 Å². The summed E-state index contributed by atoms with van der Waals surface area (Å²) in [6, 6.07) is 8.64. The lowest BCUT2D eigenvalue weighted by molar-refractivity contribution is 0.282. The number of sulfonamides is 1. The third kappa shape index (κ3) is 4.90. The zero-order valence-electron chi connectivity index (χ0n) is 20.4. The van der Waals surface area contributed by atoms with Gasteiger partial charge in [-0.05, 0) is 49.2 Å². The van der Waals surface area contributed by atoms with E-state index in [-0.39, 0.29) is 4.90 Å². The highest BCUT2D eigenvalue weighted by Gasteiger charge is 2.29. The molecule has 1 aromatic carbocycles. The van der Waals surface area contributed by atoms with Gasteiger partial charge in [-0.3, -0.25) is 0 Å². The van der Waals surface area contributed by atoms with Crippen LogP contribution in [0, 0.1) is 5.92 Å². The number of ether oxygens (including phenoxy) is 1. The molecule has 0 spiro atoms. The van der Waals surface area contributed by atoms with Gasteiger partial charge in [-0.25, -0.2) is 13.4 Å². The second-order valence-electron chi connectivity index (χ2n) is 9.26. The Morgan fingerprint density at radius 1 is 1.25 bits per heavy atom. The van der Waals surface area contributed by atoms with Crippen molar-refractivity contribution in [2.75, 3.05) is 32.1 Å². The van der Waals surface area contributed by atoms with Crippen LogP contribution in [-0.2, 0) is 10.0 Å². The number of hydrogen-bond donors (Lipinski definition) is 1. The molecular weight excluding hydrogens is 497 g/mol. The molecule has 3 heterocycles. The lowest BCUT2D eigenvalue weighted by Crippen LogP contribution is -2.39. The minimum atomic E-state index is -3.55. The smallest absolute Gasteiger partial charge is 0.243 e. The van der Waals surface area contributed by atoms with Gasteiger partial charge in [0.1, 0.15) is 19.4 Å². The Balaban J connectivity index is 1.29. The lowest BCUT2D eigenvalue weighted by atomic mass is 9.98. The molecule has 0 amide bonds. The second kappa shape index (κ2) is 10.3. The monoisotopic (exact) mass is 525 g/mol. The van der Waals surface area contributed by atoms with Crippen molar-refractivity contribution in [1.82, 2.24) is 18.9 Å². The molecule has 0 radical (unpaired) electrons. The fraction of sp³-hybridized carbons (Fsp3) is 0.360. The fourth-order valence-electron chi connectivity index (χ4n) is 4.71. The first-order chi connectivity index (χ1) is 17.4. The summed E-state index contributed by atoms with van der Waals surface area (Å²) in [4.78, 5) is 5.09. The third-order valence-electron chi connectivity index (χ3n) is 6.86. The maximum absolute atomic E-state index is 13.1. The number of allylic oxidation sites excluding steroid dienone is 4. The molecule has 1 aliphatic carbocycles. The van der Waals surface area contributed by atoms with Crippen molar-refractivity contribution in [3.63, 3.8) is 0 Å². The largest absolute Gasteiger partial charge is 0.497 e. The number of methoxy groups -OCH3 is 1. The first kappa shape index (κ1) is 24.9. The molecule has 0 unspecified atom stereocenters. The third-order valence-corrected chi connectivity index (χ3v) is 9.14. The molecule has 1 aliphatic heterocycles. The summed E-state index contributed by atoms with van der Waals surface area (Å²) >= 11 is 6.53. The summed E-state index contributed by atoms with van der Waals surface area (Å²) in [6.07, 6.45) is 9.28. The maximum atomic E-state index is 13.1. The summed E-state index contributed by atoms with van der Waals surface area (Å²) in [5, 5.41) is 8.88. The molecular formula is C25H29BClN5O3S. The Morgan fingerprint density at radius 3 is 2.81 bits per heavy atom. The van der Waals surface area contributed by atoms with Gasteiger partial charge in [0.15, 0.2) is 5.65 Å². The molecule has 2 aliphatic rings. The van der Waals surface area contributed by atoms with Crippen molar-refractivity contribution in [3.8, 4) is 5.75 Å². The number of hydrogen-bond acceptors (Lipinski definition) is 6. The number of rotatable bonds is 7. The van der Waals surface area contributed by atoms with Crippen LogP contribution in [0.25, 0.3) is 11.2 Å². The Kier molecular flexibility index (Phi) is 7.10. The van der Waals surface area contributed by atoms with E-state index < -0.39 is 10.0 Å². The number of piperidine rings is 1. The predicted octanol–water partition coefficient (Wildman–Crippen LogP) is 2.81. The minimum Gasteiger partial charge on any atom is -0.497 e. The summed E-state index contributed by atoms with van der Waals surface area (Å²) < 4.78 is 34.8. The van der Waals surface area contributed by atoms with Gasteiger partial charge in [-0.15, -0.1) is 0 Å². The van der Waals surface area contributed by atoms with Crippen LogP contribution in [0.3, 0.4) is 0 Å². The molecule has 3 aromatic rings. The Morgan fingerprint density at radius 2 is 2.06 bits per heavy atom. The van der Waals surface area contributed by atoms with E-state index in [9.17, 15) is 8.42 Å². The number of aromatic nitrogens is 3. The average Bonchev–Trinajstić information content (AvgIpc) is 3.28. The molecule has 8 nitrogen and oxygen atoms in total. The van der Waals surface area contributed by atoms with E-state index in [2.05, 4.69) is 16.5 Å². The van der Waals surface area contributed by atoms with E-state index >= 15 is 0 Å². The normalized spacial score (nSPS) is 17.6. The van der Waals surface area contributed by atoms with E-state index in [0.29, 0.717) is 31.3 Å². The van der Waals surface area contributed by atoms with E-state index in [4.69, 9.17) is 21.3 Å². The number of nitrogens with zero attached hydrogens (tertiary/aromatic N) is 4. The van der Waals surface area contributed by atoms with Crippen molar-refractivity contribution in [1.29, 1.82) is 0 Å². The molecule has 0 atom stereocenters. The van der Waals surface area contributed by atoms with Crippen molar-refractivity contribution in [3.05, 3.63) is 59.4 Å². The fourth-order valence-corrected chi connectivity index (χ4v) is 6.48. The lowest BCUT2D eigenvalue weighted by Gasteiger charge is -2.31. The van der Waals surface area contributed by atoms with Gasteiger partial charge < -0.3 is 10.1 Å². The van der Waals surface area contributed by atoms with Crippen LogP contribution in [0.1, 0.15) is 31.4 Å². The number of nitrogens with one attached hydrogen (secondary N) is 1. The Bertz CT molecular complexity index is 1450. The highest BCUT2D eigenvalue weighted by atomic mass is 35.5. The molecule has 0 saturated carbocycles. The number of halogens is 1. The van der Waals surface area contributed by atoms with Gasteiger partial charge in [-0.1, -0.05) is 29.8 Å². The van der Waals surface area contributed by atoms with Gasteiger partial charge in [-0.2, -0.15) is 13.9 Å².